The van der Waals surface area contributed by atoms with Crippen LogP contribution in [0.5, 0.6) is 46.0 Å². The molecule has 4 aromatic heterocycles. The number of methoxy groups -OCH3 is 2. The molecule has 10 rings (SSSR count). The van der Waals surface area contributed by atoms with Crippen molar-refractivity contribution in [1.82, 2.24) is 48.8 Å². The second kappa shape index (κ2) is 24.6. The molecule has 4 N–H and O–H groups in total. The fourth-order valence-corrected chi connectivity index (χ4v) is 10.6. The summed E-state index contributed by atoms with van der Waals surface area (Å²) < 4.78 is 107. The number of benzene rings is 4. The Morgan fingerprint density at radius 1 is 0.571 bits per heavy atom. The van der Waals surface area contributed by atoms with Gasteiger partial charge in [0.2, 0.25) is 20.0 Å². The molecule has 2 saturated heterocycles. The van der Waals surface area contributed by atoms with E-state index in [4.69, 9.17) is 28.8 Å². The maximum absolute atomic E-state index is 15.1. The quantitative estimate of drug-likeness (QED) is 0.0733. The minimum Gasteiger partial charge on any atom is -0.504 e. The van der Waals surface area contributed by atoms with Gasteiger partial charge in [-0.2, -0.15) is 29.0 Å². The summed E-state index contributed by atoms with van der Waals surface area (Å²) in [7, 11) is -3.16. The molecule has 0 saturated carbocycles. The van der Waals surface area contributed by atoms with Crippen LogP contribution >= 0.6 is 0 Å². The lowest BCUT2D eigenvalue weighted by Crippen LogP contribution is -2.48. The van der Waals surface area contributed by atoms with Crippen molar-refractivity contribution >= 4 is 63.7 Å². The van der Waals surface area contributed by atoms with Gasteiger partial charge in [0.25, 0.3) is 0 Å². The highest BCUT2D eigenvalue weighted by Crippen LogP contribution is 2.40. The number of sulfonamides is 2. The highest BCUT2D eigenvalue weighted by molar-refractivity contribution is 7.88. The SMILES string of the molecule is COc1cc2c(Oc3ccc4[nH]c(C)cc4c3F)cnnc2cc1O.COc1cc2c(Oc3ccc4[nH]c(C)cc4c3F)cnnc2cc1OCCCN1CCN(S(C)(=O)=O)CC1.CS(=O)(=O)N1CCN(CCCO)CC1. The Kier molecular flexibility index (Phi) is 17.9. The van der Waals surface area contributed by atoms with E-state index in [2.05, 4.69) is 40.2 Å². The third-order valence-corrected chi connectivity index (χ3v) is 15.6. The van der Waals surface area contributed by atoms with Gasteiger partial charge in [-0.05, 0) is 75.2 Å². The molecule has 4 aromatic carbocycles. The number of hydrogen-bond acceptors (Lipinski definition) is 17. The summed E-state index contributed by atoms with van der Waals surface area (Å²) in [5.74, 6) is 1.12. The molecule has 25 heteroatoms. The number of ether oxygens (including phenoxy) is 5. The van der Waals surface area contributed by atoms with Gasteiger partial charge in [-0.1, -0.05) is 0 Å². The van der Waals surface area contributed by atoms with Crippen LogP contribution in [0.2, 0.25) is 0 Å². The molecule has 2 fully saturated rings. The minimum atomic E-state index is -3.14. The first-order valence-corrected chi connectivity index (χ1v) is 28.4. The molecular formula is C52H62F2N10O11S2. The average molecular weight is 1110 g/mol. The van der Waals surface area contributed by atoms with E-state index in [0.717, 1.165) is 50.4 Å². The molecule has 2 aliphatic rings. The number of phenols is 1. The molecule has 0 amide bonds. The van der Waals surface area contributed by atoms with Crippen LogP contribution in [-0.4, -0.2) is 181 Å². The van der Waals surface area contributed by atoms with E-state index >= 15 is 4.39 Å². The van der Waals surface area contributed by atoms with Crippen LogP contribution in [0.15, 0.2) is 73.1 Å². The Labute approximate surface area is 444 Å². The van der Waals surface area contributed by atoms with Gasteiger partial charge in [0.1, 0.15) is 11.0 Å². The molecule has 21 nitrogen and oxygen atoms in total. The molecule has 6 heterocycles. The number of aliphatic hydroxyl groups is 1. The number of aliphatic hydroxyl groups excluding tert-OH is 1. The summed E-state index contributed by atoms with van der Waals surface area (Å²) in [6, 6.07) is 16.6. The fourth-order valence-electron chi connectivity index (χ4n) is 9.00. The number of aromatic nitrogens is 6. The average Bonchev–Trinajstić information content (AvgIpc) is 4.01. The summed E-state index contributed by atoms with van der Waals surface area (Å²) >= 11 is 0. The zero-order valence-corrected chi connectivity index (χ0v) is 45.2. The third-order valence-electron chi connectivity index (χ3n) is 13.0. The van der Waals surface area contributed by atoms with Crippen molar-refractivity contribution < 1.29 is 59.5 Å². The molecule has 0 radical (unpaired) electrons. The zero-order chi connectivity index (χ0) is 55.0. The first kappa shape index (κ1) is 56.2. The topological polar surface area (TPSA) is 251 Å². The van der Waals surface area contributed by atoms with Crippen LogP contribution in [-0.2, 0) is 20.0 Å². The van der Waals surface area contributed by atoms with Crippen molar-refractivity contribution in [3.05, 3.63) is 96.1 Å². The molecule has 2 aliphatic heterocycles. The van der Waals surface area contributed by atoms with E-state index in [-0.39, 0.29) is 29.6 Å². The number of hydrogen-bond donors (Lipinski definition) is 4. The highest BCUT2D eigenvalue weighted by atomic mass is 32.2. The van der Waals surface area contributed by atoms with E-state index in [9.17, 15) is 26.3 Å². The Balaban J connectivity index is 0.000000172. The number of nitrogens with one attached hydrogen (secondary N) is 2. The standard InChI is InChI=1S/C26H30FN5O5S.C18H14FN3O3.C8H18N2O3S/c1-17-13-19-20(29-17)5-6-22(26(19)27)37-25-16-28-30-21-15-24(23(35-2)14-18(21)25)36-12-4-7-31-8-10-32(11-9-31)38(3,33)34;1-9-5-11-12(21-9)3-4-15(18(11)19)25-17-8-20-22-13-7-14(23)16(24-2)6-10(13)17;1-14(12,13)10-6-4-9(5-7-10)3-2-8-11/h5-6,13-16,29H,4,7-12H2,1-3H3;3-8,21,23H,1-2H3;11H,2-8H2,1H3. The van der Waals surface area contributed by atoms with Crippen LogP contribution < -0.4 is 23.7 Å². The number of aromatic hydroxyl groups is 1. The summed E-state index contributed by atoms with van der Waals surface area (Å²) in [6.45, 7) is 11.1. The lowest BCUT2D eigenvalue weighted by Gasteiger charge is -2.33. The number of H-pyrrole nitrogens is 2. The molecule has 0 bridgehead atoms. The number of phenolic OH excluding ortho intramolecular Hbond substituents is 1. The lowest BCUT2D eigenvalue weighted by molar-refractivity contribution is 0.171. The van der Waals surface area contributed by atoms with E-state index in [1.165, 1.54) is 46.7 Å². The van der Waals surface area contributed by atoms with Crippen molar-refractivity contribution in [2.24, 2.45) is 0 Å². The Morgan fingerprint density at radius 2 is 1.03 bits per heavy atom. The number of aryl methyl sites for hydroxylation is 2. The second-order valence-corrected chi connectivity index (χ2v) is 22.5. The first-order chi connectivity index (χ1) is 36.8. The number of halogens is 2. The fraction of sp³-hybridized carbons (Fsp3) is 0.385. The Morgan fingerprint density at radius 3 is 1.48 bits per heavy atom. The van der Waals surface area contributed by atoms with Crippen molar-refractivity contribution in [2.45, 2.75) is 26.7 Å². The highest BCUT2D eigenvalue weighted by Gasteiger charge is 2.25. The maximum Gasteiger partial charge on any atom is 0.211 e. The van der Waals surface area contributed by atoms with E-state index in [1.807, 2.05) is 13.8 Å². The van der Waals surface area contributed by atoms with Gasteiger partial charge in [0.15, 0.2) is 57.6 Å². The first-order valence-electron chi connectivity index (χ1n) is 24.7. The van der Waals surface area contributed by atoms with Gasteiger partial charge in [0, 0.05) is 117 Å². The number of aromatic amines is 2. The van der Waals surface area contributed by atoms with E-state index in [0.29, 0.717) is 112 Å². The molecule has 0 spiro atoms. The predicted molar refractivity (Wildman–Crippen MR) is 288 cm³/mol. The molecule has 8 aromatic rings. The van der Waals surface area contributed by atoms with Gasteiger partial charge < -0.3 is 53.7 Å². The smallest absolute Gasteiger partial charge is 0.211 e. The van der Waals surface area contributed by atoms with Crippen molar-refractivity contribution in [3.63, 3.8) is 0 Å². The summed E-state index contributed by atoms with van der Waals surface area (Å²) in [5, 5.41) is 36.6. The third kappa shape index (κ3) is 13.8. The second-order valence-electron chi connectivity index (χ2n) is 18.6. The summed E-state index contributed by atoms with van der Waals surface area (Å²) in [6.07, 6.45) is 6.85. The summed E-state index contributed by atoms with van der Waals surface area (Å²) in [5.41, 5.74) is 4.06. The number of piperazine rings is 2. The molecule has 0 aliphatic carbocycles. The minimum absolute atomic E-state index is 0.0585. The van der Waals surface area contributed by atoms with Crippen LogP contribution in [0.1, 0.15) is 24.2 Å². The molecule has 0 atom stereocenters. The van der Waals surface area contributed by atoms with E-state index < -0.39 is 31.7 Å². The molecule has 0 unspecified atom stereocenters. The largest absolute Gasteiger partial charge is 0.504 e. The van der Waals surface area contributed by atoms with Gasteiger partial charge in [-0.3, -0.25) is 0 Å². The van der Waals surface area contributed by atoms with Gasteiger partial charge in [-0.15, -0.1) is 0 Å². The molecule has 412 valence electrons. The van der Waals surface area contributed by atoms with Gasteiger partial charge in [0.05, 0.1) is 56.5 Å². The maximum atomic E-state index is 15.1. The summed E-state index contributed by atoms with van der Waals surface area (Å²) in [4.78, 5) is 10.6. The Hall–Kier alpha value is -7.00. The predicted octanol–water partition coefficient (Wildman–Crippen LogP) is 6.72. The van der Waals surface area contributed by atoms with Crippen LogP contribution in [0.3, 0.4) is 0 Å². The van der Waals surface area contributed by atoms with Crippen molar-refractivity contribution in [3.8, 4) is 46.0 Å². The number of fused-ring (bicyclic) bond motifs is 4. The van der Waals surface area contributed by atoms with E-state index in [1.54, 1.807) is 61.7 Å². The van der Waals surface area contributed by atoms with Crippen molar-refractivity contribution in [1.29, 1.82) is 0 Å². The van der Waals surface area contributed by atoms with Gasteiger partial charge in [-0.25, -0.2) is 25.6 Å². The number of nitrogens with zero attached hydrogens (tertiary/aromatic N) is 8. The monoisotopic (exact) mass is 1100 g/mol. The van der Waals surface area contributed by atoms with Crippen molar-refractivity contribution in [2.75, 3.05) is 105 Å². The Bertz CT molecular complexity index is 3590. The normalized spacial score (nSPS) is 15.0. The number of rotatable bonds is 16. The lowest BCUT2D eigenvalue weighted by atomic mass is 10.2. The van der Waals surface area contributed by atoms with Crippen LogP contribution in [0.25, 0.3) is 43.6 Å². The van der Waals surface area contributed by atoms with Crippen LogP contribution in [0, 0.1) is 25.5 Å². The zero-order valence-electron chi connectivity index (χ0n) is 43.5. The molecular weight excluding hydrogens is 1040 g/mol. The van der Waals surface area contributed by atoms with Crippen LogP contribution in [0.4, 0.5) is 8.78 Å². The molecule has 77 heavy (non-hydrogen) atoms. The van der Waals surface area contributed by atoms with Gasteiger partial charge >= 0.3 is 0 Å².